The second-order valence-corrected chi connectivity index (χ2v) is 9.32. The molecule has 154 valence electrons. The van der Waals surface area contributed by atoms with Crippen LogP contribution in [-0.2, 0) is 0 Å². The number of nitrogens with zero attached hydrogens (tertiary/aromatic N) is 4. The average Bonchev–Trinajstić information content (AvgIpc) is 3.40. The van der Waals surface area contributed by atoms with Crippen LogP contribution in [0.5, 0.6) is 0 Å². The number of pyridine rings is 1. The molecule has 5 rings (SSSR count). The van der Waals surface area contributed by atoms with E-state index in [1.54, 1.807) is 0 Å². The molecule has 0 amide bonds. The molecule has 0 bridgehead atoms. The van der Waals surface area contributed by atoms with Gasteiger partial charge >= 0.3 is 0 Å². The maximum Gasteiger partial charge on any atom is 0.160 e. The van der Waals surface area contributed by atoms with Gasteiger partial charge in [-0.3, -0.25) is 9.98 Å². The zero-order valence-electron chi connectivity index (χ0n) is 18.0. The molecule has 0 saturated carbocycles. The Labute approximate surface area is 183 Å². The Morgan fingerprint density at radius 2 is 1.93 bits per heavy atom. The van der Waals surface area contributed by atoms with Gasteiger partial charge in [-0.25, -0.2) is 0 Å². The lowest BCUT2D eigenvalue weighted by atomic mass is 9.95. The summed E-state index contributed by atoms with van der Waals surface area (Å²) in [6.07, 6.45) is 3.02. The van der Waals surface area contributed by atoms with E-state index in [2.05, 4.69) is 79.6 Å². The van der Waals surface area contributed by atoms with Gasteiger partial charge in [0.1, 0.15) is 6.04 Å². The summed E-state index contributed by atoms with van der Waals surface area (Å²) in [7, 11) is 0. The van der Waals surface area contributed by atoms with Crippen LogP contribution in [0.1, 0.15) is 53.6 Å². The van der Waals surface area contributed by atoms with E-state index in [0.717, 1.165) is 17.9 Å². The molecule has 1 aromatic carbocycles. The van der Waals surface area contributed by atoms with E-state index in [1.165, 1.54) is 33.4 Å². The van der Waals surface area contributed by atoms with Crippen molar-refractivity contribution in [2.45, 2.75) is 52.2 Å². The third kappa shape index (κ3) is 3.07. The fourth-order valence-electron chi connectivity index (χ4n) is 4.94. The van der Waals surface area contributed by atoms with Gasteiger partial charge in [-0.05, 0) is 68.7 Å². The van der Waals surface area contributed by atoms with Gasteiger partial charge < -0.3 is 9.47 Å². The predicted octanol–water partition coefficient (Wildman–Crippen LogP) is 5.78. The number of hydrogen-bond acceptors (Lipinski definition) is 4. The van der Waals surface area contributed by atoms with E-state index in [1.807, 2.05) is 24.0 Å². The number of amidine groups is 1. The van der Waals surface area contributed by atoms with Gasteiger partial charge in [0, 0.05) is 35.1 Å². The Morgan fingerprint density at radius 1 is 1.07 bits per heavy atom. The summed E-state index contributed by atoms with van der Waals surface area (Å²) in [6.45, 7) is 8.90. The van der Waals surface area contributed by atoms with Crippen molar-refractivity contribution in [2.75, 3.05) is 5.75 Å². The van der Waals surface area contributed by atoms with Crippen molar-refractivity contribution in [2.24, 2.45) is 4.99 Å². The van der Waals surface area contributed by atoms with Gasteiger partial charge in [0.25, 0.3) is 0 Å². The van der Waals surface area contributed by atoms with Crippen LogP contribution >= 0.6 is 11.8 Å². The van der Waals surface area contributed by atoms with Crippen LogP contribution in [0.25, 0.3) is 5.69 Å². The van der Waals surface area contributed by atoms with E-state index in [9.17, 15) is 0 Å². The van der Waals surface area contributed by atoms with Gasteiger partial charge in [-0.2, -0.15) is 0 Å². The minimum atomic E-state index is 0.0366. The highest BCUT2D eigenvalue weighted by Crippen LogP contribution is 2.49. The summed E-state index contributed by atoms with van der Waals surface area (Å²) < 4.78 is 2.39. The molecule has 0 aliphatic carbocycles. The minimum Gasteiger partial charge on any atom is -0.338 e. The van der Waals surface area contributed by atoms with Crippen molar-refractivity contribution in [3.05, 3.63) is 82.9 Å². The third-order valence-corrected chi connectivity index (χ3v) is 7.50. The molecular weight excluding hydrogens is 388 g/mol. The van der Waals surface area contributed by atoms with Crippen LogP contribution in [0.4, 0.5) is 0 Å². The van der Waals surface area contributed by atoms with E-state index >= 15 is 0 Å². The fourth-order valence-corrected chi connectivity index (χ4v) is 6.28. The van der Waals surface area contributed by atoms with Crippen LogP contribution in [0, 0.1) is 20.8 Å². The van der Waals surface area contributed by atoms with Crippen molar-refractivity contribution in [1.29, 1.82) is 0 Å². The first-order chi connectivity index (χ1) is 14.6. The second-order valence-electron chi connectivity index (χ2n) is 8.34. The Kier molecular flexibility index (Phi) is 4.94. The minimum absolute atomic E-state index is 0.0366. The molecule has 0 N–H and O–H groups in total. The summed E-state index contributed by atoms with van der Waals surface area (Å²) in [6, 6.07) is 18.0. The monoisotopic (exact) mass is 416 g/mol. The molecule has 2 aliphatic rings. The molecule has 0 radical (unpaired) electrons. The summed E-state index contributed by atoms with van der Waals surface area (Å²) in [4.78, 5) is 12.4. The highest BCUT2D eigenvalue weighted by molar-refractivity contribution is 8.14. The molecule has 0 spiro atoms. The first kappa shape index (κ1) is 19.4. The number of rotatable bonds is 4. The van der Waals surface area contributed by atoms with E-state index in [-0.39, 0.29) is 12.1 Å². The van der Waals surface area contributed by atoms with Crippen LogP contribution in [0.15, 0.2) is 59.7 Å². The maximum absolute atomic E-state index is 5.18. The third-order valence-electron chi connectivity index (χ3n) is 6.38. The van der Waals surface area contributed by atoms with Gasteiger partial charge in [-0.15, -0.1) is 0 Å². The smallest absolute Gasteiger partial charge is 0.160 e. The van der Waals surface area contributed by atoms with Crippen LogP contribution in [0.2, 0.25) is 0 Å². The van der Waals surface area contributed by atoms with E-state index in [4.69, 9.17) is 9.98 Å². The first-order valence-corrected chi connectivity index (χ1v) is 11.7. The van der Waals surface area contributed by atoms with Gasteiger partial charge in [0.05, 0.1) is 11.7 Å². The van der Waals surface area contributed by atoms with Crippen molar-refractivity contribution in [1.82, 2.24) is 14.5 Å². The predicted molar refractivity (Wildman–Crippen MR) is 126 cm³/mol. The number of aromatic nitrogens is 2. The summed E-state index contributed by atoms with van der Waals surface area (Å²) >= 11 is 1.90. The normalized spacial score (nSPS) is 23.0. The number of hydrogen-bond donors (Lipinski definition) is 0. The fraction of sp³-hybridized carbons (Fsp3) is 0.360. The number of thioether (sulfide) groups is 1. The summed E-state index contributed by atoms with van der Waals surface area (Å²) in [5.74, 6) is 1.12. The molecule has 1 fully saturated rings. The molecule has 0 unspecified atom stereocenters. The average molecular weight is 417 g/mol. The molecular formula is C25H28N4S. The van der Waals surface area contributed by atoms with Crippen LogP contribution in [0.3, 0.4) is 0 Å². The molecule has 3 aromatic rings. The Bertz CT molecular complexity index is 1100. The van der Waals surface area contributed by atoms with Gasteiger partial charge in [0.15, 0.2) is 5.17 Å². The zero-order chi connectivity index (χ0) is 20.8. The Morgan fingerprint density at radius 3 is 2.67 bits per heavy atom. The lowest BCUT2D eigenvalue weighted by Crippen LogP contribution is -2.35. The molecule has 4 heterocycles. The van der Waals surface area contributed by atoms with Crippen molar-refractivity contribution >= 4 is 16.9 Å². The lowest BCUT2D eigenvalue weighted by molar-refractivity contribution is 0.254. The standard InChI is InChI=1S/C25H28N4S/c1-5-19-15-30-25-27-23(22-11-6-7-12-26-22)24(29(19)25)21-14-17(3)28(18(21)4)20-10-8-9-16(2)13-20/h6-14,19,23-24H,5,15H2,1-4H3/t19-,23-,24-/m1/s1. The zero-order valence-corrected chi connectivity index (χ0v) is 18.9. The summed E-state index contributed by atoms with van der Waals surface area (Å²) in [5.41, 5.74) is 7.49. The van der Waals surface area contributed by atoms with Gasteiger partial charge in [0.2, 0.25) is 0 Å². The van der Waals surface area contributed by atoms with E-state index in [0.29, 0.717) is 6.04 Å². The van der Waals surface area contributed by atoms with Crippen molar-refractivity contribution in [3.63, 3.8) is 0 Å². The van der Waals surface area contributed by atoms with E-state index < -0.39 is 0 Å². The van der Waals surface area contributed by atoms with Crippen molar-refractivity contribution in [3.8, 4) is 5.69 Å². The number of aryl methyl sites for hydroxylation is 2. The second kappa shape index (κ2) is 7.62. The molecule has 5 heteroatoms. The Balaban J connectivity index is 1.64. The van der Waals surface area contributed by atoms with Gasteiger partial charge in [-0.1, -0.05) is 36.9 Å². The summed E-state index contributed by atoms with van der Waals surface area (Å²) in [5, 5.41) is 1.18. The highest BCUT2D eigenvalue weighted by Gasteiger charge is 2.46. The number of benzene rings is 1. The number of fused-ring (bicyclic) bond motifs is 1. The molecule has 3 atom stereocenters. The maximum atomic E-state index is 5.18. The lowest BCUT2D eigenvalue weighted by Gasteiger charge is -2.32. The molecule has 30 heavy (non-hydrogen) atoms. The number of aliphatic imine (C=N–C) groups is 1. The SMILES string of the molecule is CC[C@@H]1CSC2=N[C@H](c3ccccn3)[C@@H](c3cc(C)n(-c4cccc(C)c4)c3C)N21. The molecule has 1 saturated heterocycles. The Hall–Kier alpha value is -2.53. The molecule has 4 nitrogen and oxygen atoms in total. The largest absolute Gasteiger partial charge is 0.338 e. The first-order valence-electron chi connectivity index (χ1n) is 10.7. The quantitative estimate of drug-likeness (QED) is 0.541. The molecule has 2 aliphatic heterocycles. The topological polar surface area (TPSA) is 33.4 Å². The molecule has 2 aromatic heterocycles. The van der Waals surface area contributed by atoms with Crippen LogP contribution in [-0.4, -0.2) is 31.4 Å². The highest BCUT2D eigenvalue weighted by atomic mass is 32.2. The van der Waals surface area contributed by atoms with Crippen LogP contribution < -0.4 is 0 Å². The van der Waals surface area contributed by atoms with Crippen molar-refractivity contribution < 1.29 is 0 Å².